The molecule has 0 unspecified atom stereocenters. The maximum absolute atomic E-state index is 12.1. The van der Waals surface area contributed by atoms with E-state index in [0.29, 0.717) is 17.1 Å². The molecule has 2 rings (SSSR count). The zero-order valence-corrected chi connectivity index (χ0v) is 11.2. The van der Waals surface area contributed by atoms with Crippen molar-refractivity contribution in [2.45, 2.75) is 33.9 Å². The number of hydrogen-bond acceptors (Lipinski definition) is 5. The Balaban J connectivity index is 2.10. The van der Waals surface area contributed by atoms with Crippen LogP contribution in [0.5, 0.6) is 0 Å². The van der Waals surface area contributed by atoms with Crippen LogP contribution in [0.4, 0.5) is 5.95 Å². The van der Waals surface area contributed by atoms with Crippen LogP contribution in [-0.4, -0.2) is 30.9 Å². The van der Waals surface area contributed by atoms with Gasteiger partial charge in [0.15, 0.2) is 0 Å². The van der Waals surface area contributed by atoms with E-state index in [-0.39, 0.29) is 18.4 Å². The minimum Gasteiger partial charge on any atom is -0.367 e. The standard InChI is InChI=1S/C11H17N7O/c1-4-18-7(3)9(6(2)17-18)10(19)13-5-8-14-11(12)16-15-8/h4-5H2,1-3H3,(H,13,19)(H3,12,14,15,16). The van der Waals surface area contributed by atoms with Crippen LogP contribution in [0.25, 0.3) is 0 Å². The molecule has 0 aliphatic heterocycles. The molecule has 4 N–H and O–H groups in total. The predicted molar refractivity (Wildman–Crippen MR) is 69.3 cm³/mol. The van der Waals surface area contributed by atoms with Crippen LogP contribution in [0.2, 0.25) is 0 Å². The van der Waals surface area contributed by atoms with Crippen LogP contribution < -0.4 is 11.1 Å². The molecule has 2 aromatic rings. The number of nitrogens with two attached hydrogens (primary N) is 1. The van der Waals surface area contributed by atoms with Crippen LogP contribution >= 0.6 is 0 Å². The number of carbonyl (C=O) groups excluding carboxylic acids is 1. The van der Waals surface area contributed by atoms with Gasteiger partial charge in [0.05, 0.1) is 17.8 Å². The molecular weight excluding hydrogens is 246 g/mol. The van der Waals surface area contributed by atoms with Gasteiger partial charge in [-0.15, -0.1) is 5.10 Å². The van der Waals surface area contributed by atoms with Crippen LogP contribution in [0, 0.1) is 13.8 Å². The van der Waals surface area contributed by atoms with E-state index in [1.54, 1.807) is 4.68 Å². The van der Waals surface area contributed by atoms with Gasteiger partial charge in [0.1, 0.15) is 5.82 Å². The predicted octanol–water partition coefficient (Wildman–Crippen LogP) is 0.150. The first-order valence-electron chi connectivity index (χ1n) is 6.01. The SMILES string of the molecule is CCn1nc(C)c(C(=O)NCc2nc(N)n[nH]2)c1C. The minimum atomic E-state index is -0.176. The first-order valence-corrected chi connectivity index (χ1v) is 6.01. The number of hydrogen-bond donors (Lipinski definition) is 3. The normalized spacial score (nSPS) is 10.7. The summed E-state index contributed by atoms with van der Waals surface area (Å²) in [6.07, 6.45) is 0. The number of H-pyrrole nitrogens is 1. The van der Waals surface area contributed by atoms with E-state index >= 15 is 0 Å². The average molecular weight is 263 g/mol. The van der Waals surface area contributed by atoms with Crippen molar-refractivity contribution in [2.24, 2.45) is 0 Å². The van der Waals surface area contributed by atoms with Crippen molar-refractivity contribution in [2.75, 3.05) is 5.73 Å². The molecule has 0 spiro atoms. The van der Waals surface area contributed by atoms with Crippen LogP contribution in [0.1, 0.15) is 34.5 Å². The highest BCUT2D eigenvalue weighted by Gasteiger charge is 2.18. The molecule has 102 valence electrons. The molecule has 0 atom stereocenters. The van der Waals surface area contributed by atoms with Gasteiger partial charge in [-0.05, 0) is 20.8 Å². The molecule has 0 bridgehead atoms. The summed E-state index contributed by atoms with van der Waals surface area (Å²) in [7, 11) is 0. The quantitative estimate of drug-likeness (QED) is 0.726. The second-order valence-electron chi connectivity index (χ2n) is 4.18. The molecule has 0 aliphatic rings. The fourth-order valence-corrected chi connectivity index (χ4v) is 1.97. The third kappa shape index (κ3) is 2.56. The summed E-state index contributed by atoms with van der Waals surface area (Å²) >= 11 is 0. The molecule has 0 saturated carbocycles. The van der Waals surface area contributed by atoms with Gasteiger partial charge in [0.2, 0.25) is 5.95 Å². The van der Waals surface area contributed by atoms with Gasteiger partial charge < -0.3 is 11.1 Å². The largest absolute Gasteiger partial charge is 0.367 e. The molecule has 8 heteroatoms. The molecule has 1 amide bonds. The Labute approximate surface area is 110 Å². The van der Waals surface area contributed by atoms with Gasteiger partial charge in [-0.1, -0.05) is 0 Å². The van der Waals surface area contributed by atoms with Crippen LogP contribution in [-0.2, 0) is 13.1 Å². The van der Waals surface area contributed by atoms with E-state index in [4.69, 9.17) is 5.73 Å². The summed E-state index contributed by atoms with van der Waals surface area (Å²) in [5.74, 6) is 0.504. The Morgan fingerprint density at radius 3 is 2.74 bits per heavy atom. The Hall–Kier alpha value is -2.38. The number of carbonyl (C=O) groups is 1. The van der Waals surface area contributed by atoms with E-state index in [9.17, 15) is 4.79 Å². The average Bonchev–Trinajstić information content (AvgIpc) is 2.90. The van der Waals surface area contributed by atoms with E-state index in [1.165, 1.54) is 0 Å². The topological polar surface area (TPSA) is 115 Å². The molecule has 0 fully saturated rings. The number of nitrogen functional groups attached to an aromatic ring is 1. The number of aromatic nitrogens is 5. The summed E-state index contributed by atoms with van der Waals surface area (Å²) in [5, 5.41) is 13.4. The third-order valence-electron chi connectivity index (χ3n) is 2.87. The van der Waals surface area contributed by atoms with Crippen molar-refractivity contribution in [1.82, 2.24) is 30.3 Å². The molecule has 0 saturated heterocycles. The zero-order valence-electron chi connectivity index (χ0n) is 11.2. The van der Waals surface area contributed by atoms with Crippen molar-refractivity contribution < 1.29 is 4.79 Å². The van der Waals surface area contributed by atoms with Crippen molar-refractivity contribution in [3.05, 3.63) is 22.8 Å². The maximum Gasteiger partial charge on any atom is 0.255 e. The van der Waals surface area contributed by atoms with Crippen molar-refractivity contribution in [3.63, 3.8) is 0 Å². The molecule has 2 heterocycles. The van der Waals surface area contributed by atoms with Gasteiger partial charge in [0, 0.05) is 12.2 Å². The summed E-state index contributed by atoms with van der Waals surface area (Å²) in [4.78, 5) is 16.1. The Bertz CT molecular complexity index is 598. The lowest BCUT2D eigenvalue weighted by molar-refractivity contribution is 0.0948. The zero-order chi connectivity index (χ0) is 14.0. The first-order chi connectivity index (χ1) is 9.02. The molecular formula is C11H17N7O. The fourth-order valence-electron chi connectivity index (χ4n) is 1.97. The first kappa shape index (κ1) is 13.1. The number of aryl methyl sites for hydroxylation is 2. The van der Waals surface area contributed by atoms with Crippen LogP contribution in [0.15, 0.2) is 0 Å². The highest BCUT2D eigenvalue weighted by molar-refractivity contribution is 5.96. The number of nitrogens with zero attached hydrogens (tertiary/aromatic N) is 4. The number of anilines is 1. The molecule has 19 heavy (non-hydrogen) atoms. The maximum atomic E-state index is 12.1. The number of amides is 1. The summed E-state index contributed by atoms with van der Waals surface area (Å²) in [5.41, 5.74) is 7.56. The van der Waals surface area contributed by atoms with E-state index in [2.05, 4.69) is 25.6 Å². The van der Waals surface area contributed by atoms with E-state index in [1.807, 2.05) is 20.8 Å². The highest BCUT2D eigenvalue weighted by Crippen LogP contribution is 2.12. The molecule has 2 aromatic heterocycles. The van der Waals surface area contributed by atoms with Crippen molar-refractivity contribution in [3.8, 4) is 0 Å². The van der Waals surface area contributed by atoms with Gasteiger partial charge in [-0.3, -0.25) is 14.6 Å². The summed E-state index contributed by atoms with van der Waals surface area (Å²) in [6.45, 7) is 6.67. The van der Waals surface area contributed by atoms with Gasteiger partial charge in [-0.25, -0.2) is 0 Å². The molecule has 8 nitrogen and oxygen atoms in total. The molecule has 0 aliphatic carbocycles. The molecule has 0 aromatic carbocycles. The second-order valence-corrected chi connectivity index (χ2v) is 4.18. The lowest BCUT2D eigenvalue weighted by atomic mass is 10.2. The Morgan fingerprint density at radius 2 is 2.21 bits per heavy atom. The lowest BCUT2D eigenvalue weighted by Gasteiger charge is -2.04. The smallest absolute Gasteiger partial charge is 0.255 e. The van der Waals surface area contributed by atoms with Crippen molar-refractivity contribution >= 4 is 11.9 Å². The Kier molecular flexibility index (Phi) is 3.50. The van der Waals surface area contributed by atoms with Gasteiger partial charge in [0.25, 0.3) is 5.91 Å². The van der Waals surface area contributed by atoms with E-state index < -0.39 is 0 Å². The van der Waals surface area contributed by atoms with Crippen molar-refractivity contribution in [1.29, 1.82) is 0 Å². The minimum absolute atomic E-state index is 0.162. The summed E-state index contributed by atoms with van der Waals surface area (Å²) < 4.78 is 1.80. The molecule has 0 radical (unpaired) electrons. The van der Waals surface area contributed by atoms with Gasteiger partial charge in [-0.2, -0.15) is 10.1 Å². The second kappa shape index (κ2) is 5.09. The highest BCUT2D eigenvalue weighted by atomic mass is 16.1. The fraction of sp³-hybridized carbons (Fsp3) is 0.455. The number of aromatic amines is 1. The lowest BCUT2D eigenvalue weighted by Crippen LogP contribution is -2.24. The monoisotopic (exact) mass is 263 g/mol. The number of rotatable bonds is 4. The van der Waals surface area contributed by atoms with Gasteiger partial charge >= 0.3 is 0 Å². The van der Waals surface area contributed by atoms with Crippen LogP contribution in [0.3, 0.4) is 0 Å². The van der Waals surface area contributed by atoms with E-state index in [0.717, 1.165) is 12.2 Å². The Morgan fingerprint density at radius 1 is 1.47 bits per heavy atom. The summed E-state index contributed by atoms with van der Waals surface area (Å²) in [6, 6.07) is 0. The third-order valence-corrected chi connectivity index (χ3v) is 2.87. The number of nitrogens with one attached hydrogen (secondary N) is 2.